The highest BCUT2D eigenvalue weighted by Gasteiger charge is 2.24. The smallest absolute Gasteiger partial charge is 0.350 e. The van der Waals surface area contributed by atoms with Crippen molar-refractivity contribution in [2.75, 3.05) is 5.32 Å². The maximum Gasteiger partial charge on any atom is 0.350 e. The first-order valence-corrected chi connectivity index (χ1v) is 12.2. The van der Waals surface area contributed by atoms with Crippen LogP contribution in [0.5, 0.6) is 0 Å². The molecule has 0 bridgehead atoms. The number of thiophene rings is 1. The molecule has 0 aliphatic rings. The highest BCUT2D eigenvalue weighted by atomic mass is 35.5. The van der Waals surface area contributed by atoms with E-state index in [4.69, 9.17) is 16.3 Å². The quantitative estimate of drug-likeness (QED) is 0.465. The minimum Gasteiger partial charge on any atom is -0.448 e. The molecule has 1 amide bonds. The first kappa shape index (κ1) is 24.1. The molecule has 0 aliphatic carbocycles. The van der Waals surface area contributed by atoms with Crippen LogP contribution in [-0.4, -0.2) is 32.4 Å². The van der Waals surface area contributed by atoms with E-state index in [1.807, 2.05) is 0 Å². The van der Waals surface area contributed by atoms with Crippen molar-refractivity contribution >= 4 is 60.6 Å². The van der Waals surface area contributed by atoms with E-state index >= 15 is 0 Å². The average Bonchev–Trinajstić information content (AvgIpc) is 3.03. The van der Waals surface area contributed by atoms with Crippen LogP contribution < -0.4 is 10.0 Å². The van der Waals surface area contributed by atoms with Gasteiger partial charge in [0.05, 0.1) is 9.92 Å². The number of fused-ring (bicyclic) bond motifs is 1. The molecule has 11 heteroatoms. The van der Waals surface area contributed by atoms with Crippen LogP contribution in [0.1, 0.15) is 30.4 Å². The zero-order chi connectivity index (χ0) is 23.6. The van der Waals surface area contributed by atoms with Gasteiger partial charge < -0.3 is 10.1 Å². The summed E-state index contributed by atoms with van der Waals surface area (Å²) < 4.78 is 45.9. The summed E-state index contributed by atoms with van der Waals surface area (Å²) >= 11 is 7.18. The Hall–Kier alpha value is -2.53. The first-order valence-electron chi connectivity index (χ1n) is 9.49. The molecule has 170 valence electrons. The van der Waals surface area contributed by atoms with E-state index in [1.165, 1.54) is 49.4 Å². The monoisotopic (exact) mass is 498 g/mol. The van der Waals surface area contributed by atoms with Gasteiger partial charge in [0.25, 0.3) is 5.91 Å². The standard InChI is InChI=1S/C21H20ClFN2O5S2/c1-11(2)25-32(28,29)15-7-5-14(6-8-15)24-20(26)12(3)30-21(27)19-18(22)16-9-4-13(23)10-17(16)31-19/h4-12,25H,1-3H3,(H,24,26). The Kier molecular flexibility index (Phi) is 7.19. The summed E-state index contributed by atoms with van der Waals surface area (Å²) in [6.07, 6.45) is -1.16. The second kappa shape index (κ2) is 9.53. The Morgan fingerprint density at radius 3 is 2.38 bits per heavy atom. The third-order valence-corrected chi connectivity index (χ3v) is 7.56. The van der Waals surface area contributed by atoms with Crippen LogP contribution in [0.25, 0.3) is 10.1 Å². The second-order valence-electron chi connectivity index (χ2n) is 7.22. The highest BCUT2D eigenvalue weighted by Crippen LogP contribution is 2.36. The molecular formula is C21H20ClFN2O5S2. The van der Waals surface area contributed by atoms with Crippen LogP contribution in [0.2, 0.25) is 5.02 Å². The van der Waals surface area contributed by atoms with Gasteiger partial charge in [-0.3, -0.25) is 4.79 Å². The molecule has 2 aromatic carbocycles. The van der Waals surface area contributed by atoms with Crippen molar-refractivity contribution in [3.63, 3.8) is 0 Å². The number of esters is 1. The van der Waals surface area contributed by atoms with E-state index in [0.717, 1.165) is 11.3 Å². The molecule has 7 nitrogen and oxygen atoms in total. The van der Waals surface area contributed by atoms with Gasteiger partial charge in [-0.15, -0.1) is 11.3 Å². The molecule has 1 atom stereocenters. The molecular weight excluding hydrogens is 479 g/mol. The summed E-state index contributed by atoms with van der Waals surface area (Å²) in [5.41, 5.74) is 0.330. The fraction of sp³-hybridized carbons (Fsp3) is 0.238. The van der Waals surface area contributed by atoms with Crippen molar-refractivity contribution in [1.82, 2.24) is 4.72 Å². The lowest BCUT2D eigenvalue weighted by atomic mass is 10.2. The van der Waals surface area contributed by atoms with Crippen LogP contribution in [-0.2, 0) is 19.6 Å². The molecule has 0 fully saturated rings. The number of carbonyl (C=O) groups is 2. The zero-order valence-corrected chi connectivity index (χ0v) is 19.7. The number of halogens is 2. The number of carbonyl (C=O) groups excluding carboxylic acids is 2. The number of ether oxygens (including phenoxy) is 1. The van der Waals surface area contributed by atoms with Crippen molar-refractivity contribution in [3.05, 3.63) is 58.2 Å². The number of rotatable bonds is 7. The van der Waals surface area contributed by atoms with Gasteiger partial charge in [-0.25, -0.2) is 22.3 Å². The van der Waals surface area contributed by atoms with E-state index in [0.29, 0.717) is 15.8 Å². The third kappa shape index (κ3) is 5.44. The Labute approximate surface area is 193 Å². The van der Waals surface area contributed by atoms with Crippen molar-refractivity contribution in [2.24, 2.45) is 0 Å². The summed E-state index contributed by atoms with van der Waals surface area (Å²) in [6.45, 7) is 4.80. The van der Waals surface area contributed by atoms with E-state index in [-0.39, 0.29) is 20.8 Å². The lowest BCUT2D eigenvalue weighted by Crippen LogP contribution is -2.30. The van der Waals surface area contributed by atoms with Crippen molar-refractivity contribution in [1.29, 1.82) is 0 Å². The van der Waals surface area contributed by atoms with Gasteiger partial charge in [0.15, 0.2) is 6.10 Å². The van der Waals surface area contributed by atoms with Crippen molar-refractivity contribution in [3.8, 4) is 0 Å². The molecule has 1 aromatic heterocycles. The zero-order valence-electron chi connectivity index (χ0n) is 17.3. The topological polar surface area (TPSA) is 102 Å². The Morgan fingerprint density at radius 1 is 1.09 bits per heavy atom. The molecule has 0 spiro atoms. The highest BCUT2D eigenvalue weighted by molar-refractivity contribution is 7.89. The number of sulfonamides is 1. The van der Waals surface area contributed by atoms with Gasteiger partial charge in [0.1, 0.15) is 10.7 Å². The maximum atomic E-state index is 13.4. The Morgan fingerprint density at radius 2 is 1.75 bits per heavy atom. The van der Waals surface area contributed by atoms with Crippen LogP contribution >= 0.6 is 22.9 Å². The predicted molar refractivity (Wildman–Crippen MR) is 122 cm³/mol. The van der Waals surface area contributed by atoms with Gasteiger partial charge in [-0.1, -0.05) is 11.6 Å². The van der Waals surface area contributed by atoms with Gasteiger partial charge >= 0.3 is 5.97 Å². The van der Waals surface area contributed by atoms with Gasteiger partial charge in [-0.2, -0.15) is 0 Å². The molecule has 3 aromatic rings. The Bertz CT molecular complexity index is 1270. The minimum absolute atomic E-state index is 0.0551. The number of benzene rings is 2. The van der Waals surface area contributed by atoms with E-state index in [2.05, 4.69) is 10.0 Å². The largest absolute Gasteiger partial charge is 0.448 e. The van der Waals surface area contributed by atoms with Crippen molar-refractivity contribution < 1.29 is 27.1 Å². The average molecular weight is 499 g/mol. The third-order valence-electron chi connectivity index (χ3n) is 4.25. The SMILES string of the molecule is CC(C)NS(=O)(=O)c1ccc(NC(=O)C(C)OC(=O)c2sc3cc(F)ccc3c2Cl)cc1. The number of nitrogens with one attached hydrogen (secondary N) is 2. The number of anilines is 1. The molecule has 1 unspecified atom stereocenters. The molecule has 2 N–H and O–H groups in total. The lowest BCUT2D eigenvalue weighted by molar-refractivity contribution is -0.123. The molecule has 32 heavy (non-hydrogen) atoms. The van der Waals surface area contributed by atoms with E-state index in [9.17, 15) is 22.4 Å². The Balaban J connectivity index is 1.66. The molecule has 0 saturated heterocycles. The summed E-state index contributed by atoms with van der Waals surface area (Å²) in [5, 5.41) is 3.21. The van der Waals surface area contributed by atoms with Crippen LogP contribution in [0, 0.1) is 5.82 Å². The maximum absolute atomic E-state index is 13.4. The molecule has 0 radical (unpaired) electrons. The summed E-state index contributed by atoms with van der Waals surface area (Å²) in [6, 6.07) is 9.28. The summed E-state index contributed by atoms with van der Waals surface area (Å²) in [4.78, 5) is 25.0. The predicted octanol–water partition coefficient (Wildman–Crippen LogP) is 4.56. The minimum atomic E-state index is -3.65. The van der Waals surface area contributed by atoms with Crippen LogP contribution in [0.15, 0.2) is 47.4 Å². The molecule has 0 aliphatic heterocycles. The number of hydrogen-bond acceptors (Lipinski definition) is 6. The lowest BCUT2D eigenvalue weighted by Gasteiger charge is -2.14. The molecule has 1 heterocycles. The summed E-state index contributed by atoms with van der Waals surface area (Å²) in [5.74, 6) is -1.88. The van der Waals surface area contributed by atoms with Gasteiger partial charge in [0, 0.05) is 21.8 Å². The first-order chi connectivity index (χ1) is 15.0. The molecule has 0 saturated carbocycles. The fourth-order valence-corrected chi connectivity index (χ4v) is 5.44. The molecule has 3 rings (SSSR count). The normalized spacial score (nSPS) is 12.7. The second-order valence-corrected chi connectivity index (χ2v) is 10.4. The number of amides is 1. The van der Waals surface area contributed by atoms with Gasteiger partial charge in [-0.05, 0) is 63.2 Å². The van der Waals surface area contributed by atoms with E-state index < -0.39 is 33.8 Å². The van der Waals surface area contributed by atoms with E-state index in [1.54, 1.807) is 13.8 Å². The van der Waals surface area contributed by atoms with Crippen LogP contribution in [0.3, 0.4) is 0 Å². The van der Waals surface area contributed by atoms with Gasteiger partial charge in [0.2, 0.25) is 10.0 Å². The fourth-order valence-electron chi connectivity index (χ4n) is 2.78. The van der Waals surface area contributed by atoms with Crippen molar-refractivity contribution in [2.45, 2.75) is 37.8 Å². The van der Waals surface area contributed by atoms with Crippen LogP contribution in [0.4, 0.5) is 10.1 Å². The number of hydrogen-bond donors (Lipinski definition) is 2. The summed E-state index contributed by atoms with van der Waals surface area (Å²) in [7, 11) is -3.65.